The van der Waals surface area contributed by atoms with Gasteiger partial charge in [0.25, 0.3) is 11.4 Å². The molecule has 1 aromatic heterocycles. The second-order valence-corrected chi connectivity index (χ2v) is 16.9. The molecule has 0 aliphatic rings. The molecule has 0 aliphatic carbocycles. The SMILES string of the molecule is CC[C@H](C)[C@H](N)C(=O)NCC(=O)N[C@@H](Cc1cn(-c2ccc([N+](=O)[O-])cc2[N+](=O)[O-])cn1)C(=O)N[C@@H](CC(C)C)C(=O)N[C@@H](Cc1ccc(OCc2ccccc2)cc1)C(=O)OCc1ccccc1. The molecule has 69 heavy (non-hydrogen) atoms. The number of nitro groups is 2. The third kappa shape index (κ3) is 15.8. The van der Waals surface area contributed by atoms with Crippen molar-refractivity contribution in [3.05, 3.63) is 158 Å². The number of imidazole rings is 1. The van der Waals surface area contributed by atoms with E-state index in [0.29, 0.717) is 24.3 Å². The van der Waals surface area contributed by atoms with E-state index in [1.165, 1.54) is 23.2 Å². The fraction of sp³-hybridized carbons (Fsp3) is 0.347. The fourth-order valence-electron chi connectivity index (χ4n) is 7.02. The largest absolute Gasteiger partial charge is 0.489 e. The molecule has 20 heteroatoms. The zero-order valence-corrected chi connectivity index (χ0v) is 38.7. The van der Waals surface area contributed by atoms with Crippen LogP contribution in [0.3, 0.4) is 0 Å². The average Bonchev–Trinajstić information content (AvgIpc) is 3.82. The van der Waals surface area contributed by atoms with Gasteiger partial charge < -0.3 is 36.5 Å². The Labute approximate surface area is 398 Å². The van der Waals surface area contributed by atoms with Crippen LogP contribution in [0.2, 0.25) is 0 Å². The highest BCUT2D eigenvalue weighted by Crippen LogP contribution is 2.28. The highest BCUT2D eigenvalue weighted by molar-refractivity contribution is 5.94. The van der Waals surface area contributed by atoms with Gasteiger partial charge in [-0.15, -0.1) is 0 Å². The number of esters is 1. The number of hydrogen-bond donors (Lipinski definition) is 5. The van der Waals surface area contributed by atoms with Crippen LogP contribution in [0.25, 0.3) is 5.69 Å². The first-order valence-corrected chi connectivity index (χ1v) is 22.4. The number of nitrogens with one attached hydrogen (secondary N) is 4. The van der Waals surface area contributed by atoms with Gasteiger partial charge in [0.1, 0.15) is 42.8 Å². The molecule has 0 aliphatic heterocycles. The number of nitrogens with two attached hydrogens (primary N) is 1. The van der Waals surface area contributed by atoms with Gasteiger partial charge in [-0.2, -0.15) is 0 Å². The summed E-state index contributed by atoms with van der Waals surface area (Å²) in [4.78, 5) is 94.5. The first kappa shape index (κ1) is 52.0. The number of non-ortho nitro benzene ring substituents is 1. The Balaban J connectivity index is 1.38. The summed E-state index contributed by atoms with van der Waals surface area (Å²) in [5, 5.41) is 33.9. The molecule has 5 atom stereocenters. The Bertz CT molecular complexity index is 2560. The number of amides is 4. The van der Waals surface area contributed by atoms with Gasteiger partial charge in [-0.3, -0.25) is 44.0 Å². The number of nitrogens with zero attached hydrogens (tertiary/aromatic N) is 4. The molecule has 364 valence electrons. The van der Waals surface area contributed by atoms with E-state index < -0.39 is 81.5 Å². The lowest BCUT2D eigenvalue weighted by Crippen LogP contribution is -2.57. The molecule has 4 amide bonds. The van der Waals surface area contributed by atoms with Crippen LogP contribution < -0.4 is 31.7 Å². The molecule has 0 bridgehead atoms. The molecule has 1 heterocycles. The maximum atomic E-state index is 14.3. The lowest BCUT2D eigenvalue weighted by Gasteiger charge is -2.26. The van der Waals surface area contributed by atoms with Crippen LogP contribution in [0.1, 0.15) is 62.9 Å². The van der Waals surface area contributed by atoms with Crippen molar-refractivity contribution in [3.63, 3.8) is 0 Å². The third-order valence-electron chi connectivity index (χ3n) is 11.1. The van der Waals surface area contributed by atoms with Crippen molar-refractivity contribution in [2.24, 2.45) is 17.6 Å². The minimum atomic E-state index is -1.44. The lowest BCUT2D eigenvalue weighted by molar-refractivity contribution is -0.394. The molecule has 0 fully saturated rings. The van der Waals surface area contributed by atoms with E-state index in [0.717, 1.165) is 23.3 Å². The molecule has 0 unspecified atom stereocenters. The Morgan fingerprint density at radius 3 is 1.96 bits per heavy atom. The molecule has 5 aromatic rings. The molecular weight excluding hydrogens is 891 g/mol. The smallest absolute Gasteiger partial charge is 0.329 e. The Hall–Kier alpha value is -8.00. The number of aromatic nitrogens is 2. The topological polar surface area (TPSA) is 282 Å². The monoisotopic (exact) mass is 947 g/mol. The van der Waals surface area contributed by atoms with Crippen molar-refractivity contribution in [1.29, 1.82) is 0 Å². The number of carbonyl (C=O) groups is 5. The van der Waals surface area contributed by atoms with E-state index in [1.807, 2.05) is 57.2 Å². The molecule has 4 aromatic carbocycles. The van der Waals surface area contributed by atoms with Crippen molar-refractivity contribution in [1.82, 2.24) is 30.8 Å². The summed E-state index contributed by atoms with van der Waals surface area (Å²) in [5.74, 6) is -3.41. The summed E-state index contributed by atoms with van der Waals surface area (Å²) in [6, 6.07) is 24.0. The predicted molar refractivity (Wildman–Crippen MR) is 253 cm³/mol. The minimum Gasteiger partial charge on any atom is -0.489 e. The van der Waals surface area contributed by atoms with E-state index in [9.17, 15) is 44.2 Å². The van der Waals surface area contributed by atoms with Crippen LogP contribution in [0.15, 0.2) is 116 Å². The minimum absolute atomic E-state index is 0.0152. The summed E-state index contributed by atoms with van der Waals surface area (Å²) in [5.41, 5.74) is 7.42. The number of nitro benzene ring substituents is 2. The Morgan fingerprint density at radius 2 is 1.35 bits per heavy atom. The fourth-order valence-corrected chi connectivity index (χ4v) is 7.02. The van der Waals surface area contributed by atoms with Crippen LogP contribution >= 0.6 is 0 Å². The predicted octanol–water partition coefficient (Wildman–Crippen LogP) is 4.79. The molecule has 0 saturated carbocycles. The molecule has 6 N–H and O–H groups in total. The lowest BCUT2D eigenvalue weighted by atomic mass is 9.99. The quantitative estimate of drug-likeness (QED) is 0.0299. The van der Waals surface area contributed by atoms with Crippen molar-refractivity contribution in [3.8, 4) is 11.4 Å². The van der Waals surface area contributed by atoms with E-state index in [1.54, 1.807) is 55.5 Å². The van der Waals surface area contributed by atoms with Gasteiger partial charge in [0, 0.05) is 25.1 Å². The van der Waals surface area contributed by atoms with Gasteiger partial charge in [-0.05, 0) is 53.1 Å². The normalized spacial score (nSPS) is 13.2. The zero-order valence-electron chi connectivity index (χ0n) is 38.7. The maximum Gasteiger partial charge on any atom is 0.329 e. The van der Waals surface area contributed by atoms with E-state index in [4.69, 9.17) is 15.2 Å². The van der Waals surface area contributed by atoms with Gasteiger partial charge in [-0.25, -0.2) is 9.78 Å². The van der Waals surface area contributed by atoms with Gasteiger partial charge >= 0.3 is 5.97 Å². The van der Waals surface area contributed by atoms with E-state index >= 15 is 0 Å². The maximum absolute atomic E-state index is 14.3. The second-order valence-electron chi connectivity index (χ2n) is 16.9. The number of ether oxygens (including phenoxy) is 2. The Morgan fingerprint density at radius 1 is 0.725 bits per heavy atom. The number of benzene rings is 4. The summed E-state index contributed by atoms with van der Waals surface area (Å²) < 4.78 is 12.8. The van der Waals surface area contributed by atoms with Crippen LogP contribution in [0, 0.1) is 32.1 Å². The number of hydrogen-bond acceptors (Lipinski definition) is 13. The van der Waals surface area contributed by atoms with Crippen molar-refractivity contribution in [2.45, 2.75) is 90.8 Å². The van der Waals surface area contributed by atoms with Gasteiger partial charge in [0.2, 0.25) is 23.6 Å². The molecule has 20 nitrogen and oxygen atoms in total. The molecule has 0 radical (unpaired) electrons. The molecule has 0 saturated heterocycles. The van der Waals surface area contributed by atoms with E-state index in [-0.39, 0.29) is 49.1 Å². The van der Waals surface area contributed by atoms with Crippen LogP contribution in [-0.2, 0) is 54.8 Å². The summed E-state index contributed by atoms with van der Waals surface area (Å²) >= 11 is 0. The number of rotatable bonds is 25. The standard InChI is InChI=1S/C49H57N9O11/c1-5-32(4)45(50)48(62)51-26-44(59)53-40(24-36-27-56(30-52-36)42-21-18-37(57(64)65)25-43(42)58(66)67)47(61)54-39(22-31(2)3)46(60)55-41(49(63)69-29-35-14-10-7-11-15-35)23-33-16-19-38(20-17-33)68-28-34-12-8-6-9-13-34/h6-21,25,27,30-32,39-41,45H,5,22-24,26,28-29,50H2,1-4H3,(H,51,62)(H,53,59)(H,54,61)(H,55,60)/t32-,39-,40-,41-,45-/m0/s1. The van der Waals surface area contributed by atoms with Gasteiger partial charge in [-0.1, -0.05) is 107 Å². The van der Waals surface area contributed by atoms with Gasteiger partial charge in [0.15, 0.2) is 0 Å². The molecule has 0 spiro atoms. The van der Waals surface area contributed by atoms with Gasteiger partial charge in [0.05, 0.1) is 40.5 Å². The first-order valence-electron chi connectivity index (χ1n) is 22.4. The van der Waals surface area contributed by atoms with Crippen molar-refractivity contribution < 1.29 is 43.3 Å². The highest BCUT2D eigenvalue weighted by atomic mass is 16.6. The van der Waals surface area contributed by atoms with Crippen LogP contribution in [-0.4, -0.2) is 79.7 Å². The zero-order chi connectivity index (χ0) is 50.0. The second kappa shape index (κ2) is 25.2. The molecular formula is C49H57N9O11. The Kier molecular flexibility index (Phi) is 19.0. The first-order chi connectivity index (χ1) is 33.0. The average molecular weight is 948 g/mol. The summed E-state index contributed by atoms with van der Waals surface area (Å²) in [6.45, 7) is 7.03. The van der Waals surface area contributed by atoms with Crippen molar-refractivity contribution in [2.75, 3.05) is 6.54 Å². The third-order valence-corrected chi connectivity index (χ3v) is 11.1. The van der Waals surface area contributed by atoms with Crippen LogP contribution in [0.4, 0.5) is 11.4 Å². The van der Waals surface area contributed by atoms with Crippen molar-refractivity contribution >= 4 is 41.0 Å². The summed E-state index contributed by atoms with van der Waals surface area (Å²) in [7, 11) is 0. The van der Waals surface area contributed by atoms with Crippen LogP contribution in [0.5, 0.6) is 5.75 Å². The summed E-state index contributed by atoms with van der Waals surface area (Å²) in [6.07, 6.45) is 2.95. The highest BCUT2D eigenvalue weighted by Gasteiger charge is 2.32. The molecule has 5 rings (SSSR count). The van der Waals surface area contributed by atoms with E-state index in [2.05, 4.69) is 26.3 Å². The number of carbonyl (C=O) groups excluding carboxylic acids is 5.